The highest BCUT2D eigenvalue weighted by Gasteiger charge is 1.99. The van der Waals surface area contributed by atoms with Crippen LogP contribution in [0.4, 0.5) is 5.69 Å². The molecule has 0 unspecified atom stereocenters. The molecule has 0 aliphatic rings. The topological polar surface area (TPSA) is 43.8 Å². The van der Waals surface area contributed by atoms with Gasteiger partial charge in [-0.25, -0.2) is 4.98 Å². The van der Waals surface area contributed by atoms with Gasteiger partial charge in [-0.05, 0) is 30.2 Å². The van der Waals surface area contributed by atoms with Crippen molar-refractivity contribution in [1.29, 1.82) is 0 Å². The van der Waals surface area contributed by atoms with E-state index in [-0.39, 0.29) is 0 Å². The molecule has 3 heteroatoms. The first-order chi connectivity index (χ1) is 6.75. The average molecular weight is 187 g/mol. The van der Waals surface area contributed by atoms with Crippen LogP contribution in [0, 0.1) is 6.92 Å². The van der Waals surface area contributed by atoms with Crippen LogP contribution in [0.1, 0.15) is 11.1 Å². The fourth-order valence-corrected chi connectivity index (χ4v) is 1.47. The molecule has 0 atom stereocenters. The molecular formula is C11H13N3. The number of imidazole rings is 1. The molecule has 0 saturated heterocycles. The summed E-state index contributed by atoms with van der Waals surface area (Å²) in [5, 5.41) is 0. The molecular weight excluding hydrogens is 174 g/mol. The Morgan fingerprint density at radius 2 is 2.29 bits per heavy atom. The third kappa shape index (κ3) is 1.76. The van der Waals surface area contributed by atoms with Crippen molar-refractivity contribution in [2.45, 2.75) is 13.5 Å². The SMILES string of the molecule is Cc1cc(N)ccc1Cn1ccnc1. The van der Waals surface area contributed by atoms with Crippen LogP contribution in [-0.2, 0) is 6.54 Å². The van der Waals surface area contributed by atoms with E-state index in [1.165, 1.54) is 11.1 Å². The van der Waals surface area contributed by atoms with Gasteiger partial charge in [0.15, 0.2) is 0 Å². The molecule has 2 N–H and O–H groups in total. The molecule has 2 aromatic rings. The number of hydrogen-bond donors (Lipinski definition) is 1. The van der Waals surface area contributed by atoms with Crippen LogP contribution < -0.4 is 5.73 Å². The maximum Gasteiger partial charge on any atom is 0.0949 e. The normalized spacial score (nSPS) is 10.4. The zero-order valence-corrected chi connectivity index (χ0v) is 8.14. The number of hydrogen-bond acceptors (Lipinski definition) is 2. The van der Waals surface area contributed by atoms with Crippen LogP contribution in [0.3, 0.4) is 0 Å². The van der Waals surface area contributed by atoms with E-state index in [4.69, 9.17) is 5.73 Å². The smallest absolute Gasteiger partial charge is 0.0949 e. The van der Waals surface area contributed by atoms with Crippen LogP contribution in [0.2, 0.25) is 0 Å². The molecule has 0 fully saturated rings. The molecule has 0 bridgehead atoms. The summed E-state index contributed by atoms with van der Waals surface area (Å²) in [7, 11) is 0. The number of nitrogen functional groups attached to an aromatic ring is 1. The number of nitrogens with zero attached hydrogens (tertiary/aromatic N) is 2. The van der Waals surface area contributed by atoms with Crippen LogP contribution in [0.25, 0.3) is 0 Å². The Balaban J connectivity index is 2.25. The summed E-state index contributed by atoms with van der Waals surface area (Å²) >= 11 is 0. The zero-order chi connectivity index (χ0) is 9.97. The molecule has 0 aliphatic carbocycles. The van der Waals surface area contributed by atoms with Crippen LogP contribution in [0.15, 0.2) is 36.9 Å². The molecule has 0 spiro atoms. The molecule has 14 heavy (non-hydrogen) atoms. The first-order valence-corrected chi connectivity index (χ1v) is 4.56. The fraction of sp³-hybridized carbons (Fsp3) is 0.182. The van der Waals surface area contributed by atoms with Crippen molar-refractivity contribution < 1.29 is 0 Å². The lowest BCUT2D eigenvalue weighted by atomic mass is 10.1. The first-order valence-electron chi connectivity index (χ1n) is 4.56. The minimum Gasteiger partial charge on any atom is -0.399 e. The van der Waals surface area contributed by atoms with E-state index < -0.39 is 0 Å². The second-order valence-electron chi connectivity index (χ2n) is 3.42. The summed E-state index contributed by atoms with van der Waals surface area (Å²) in [5.41, 5.74) is 8.99. The Labute approximate surface area is 83.2 Å². The van der Waals surface area contributed by atoms with E-state index in [0.717, 1.165) is 12.2 Å². The van der Waals surface area contributed by atoms with Crippen LogP contribution >= 0.6 is 0 Å². The van der Waals surface area contributed by atoms with Gasteiger partial charge in [-0.3, -0.25) is 0 Å². The highest BCUT2D eigenvalue weighted by atomic mass is 15.0. The molecule has 1 heterocycles. The standard InChI is InChI=1S/C11H13N3/c1-9-6-11(12)3-2-10(9)7-14-5-4-13-8-14/h2-6,8H,7,12H2,1H3. The Morgan fingerprint density at radius 3 is 2.93 bits per heavy atom. The van der Waals surface area contributed by atoms with Crippen LogP contribution in [-0.4, -0.2) is 9.55 Å². The molecule has 0 amide bonds. The van der Waals surface area contributed by atoms with E-state index in [1.807, 2.05) is 29.2 Å². The molecule has 0 saturated carbocycles. The number of aryl methyl sites for hydroxylation is 1. The second kappa shape index (κ2) is 3.54. The fourth-order valence-electron chi connectivity index (χ4n) is 1.47. The molecule has 2 rings (SSSR count). The third-order valence-corrected chi connectivity index (χ3v) is 2.28. The van der Waals surface area contributed by atoms with Gasteiger partial charge in [-0.1, -0.05) is 6.07 Å². The summed E-state index contributed by atoms with van der Waals surface area (Å²) in [4.78, 5) is 4.00. The predicted octanol–water partition coefficient (Wildman–Crippen LogP) is 1.82. The number of benzene rings is 1. The Kier molecular flexibility index (Phi) is 2.23. The van der Waals surface area contributed by atoms with Crippen molar-refractivity contribution >= 4 is 5.69 Å². The lowest BCUT2D eigenvalue weighted by Crippen LogP contribution is -1.99. The number of rotatable bonds is 2. The predicted molar refractivity (Wildman–Crippen MR) is 56.9 cm³/mol. The molecule has 72 valence electrons. The van der Waals surface area contributed by atoms with Gasteiger partial charge in [0.1, 0.15) is 0 Å². The Hall–Kier alpha value is -1.77. The maximum absolute atomic E-state index is 5.68. The van der Waals surface area contributed by atoms with E-state index in [1.54, 1.807) is 6.20 Å². The number of anilines is 1. The summed E-state index contributed by atoms with van der Waals surface area (Å²) < 4.78 is 2.04. The van der Waals surface area contributed by atoms with Crippen molar-refractivity contribution in [3.05, 3.63) is 48.0 Å². The number of aromatic nitrogens is 2. The quantitative estimate of drug-likeness (QED) is 0.729. The molecule has 0 radical (unpaired) electrons. The van der Waals surface area contributed by atoms with E-state index >= 15 is 0 Å². The minimum absolute atomic E-state index is 0.817. The zero-order valence-electron chi connectivity index (χ0n) is 8.14. The maximum atomic E-state index is 5.68. The second-order valence-corrected chi connectivity index (χ2v) is 3.42. The largest absolute Gasteiger partial charge is 0.399 e. The molecule has 1 aromatic carbocycles. The van der Waals surface area contributed by atoms with Crippen molar-refractivity contribution in [1.82, 2.24) is 9.55 Å². The lowest BCUT2D eigenvalue weighted by Gasteiger charge is -2.07. The molecule has 0 aliphatic heterocycles. The monoisotopic (exact) mass is 187 g/mol. The van der Waals surface area contributed by atoms with Gasteiger partial charge in [-0.2, -0.15) is 0 Å². The number of nitrogens with two attached hydrogens (primary N) is 1. The Morgan fingerprint density at radius 1 is 1.43 bits per heavy atom. The summed E-state index contributed by atoms with van der Waals surface area (Å²) in [6.07, 6.45) is 5.55. The van der Waals surface area contributed by atoms with Gasteiger partial charge in [0, 0.05) is 24.6 Å². The van der Waals surface area contributed by atoms with E-state index in [2.05, 4.69) is 18.0 Å². The minimum atomic E-state index is 0.817. The van der Waals surface area contributed by atoms with Gasteiger partial charge in [0.25, 0.3) is 0 Å². The van der Waals surface area contributed by atoms with Crippen molar-refractivity contribution in [3.63, 3.8) is 0 Å². The summed E-state index contributed by atoms with van der Waals surface area (Å²) in [6, 6.07) is 5.98. The van der Waals surface area contributed by atoms with Gasteiger partial charge in [0.05, 0.1) is 6.33 Å². The van der Waals surface area contributed by atoms with Crippen molar-refractivity contribution in [2.24, 2.45) is 0 Å². The van der Waals surface area contributed by atoms with Crippen LogP contribution in [0.5, 0.6) is 0 Å². The van der Waals surface area contributed by atoms with Crippen molar-refractivity contribution in [3.8, 4) is 0 Å². The lowest BCUT2D eigenvalue weighted by molar-refractivity contribution is 0.792. The summed E-state index contributed by atoms with van der Waals surface area (Å²) in [6.45, 7) is 2.93. The van der Waals surface area contributed by atoms with E-state index in [9.17, 15) is 0 Å². The first kappa shape index (κ1) is 8.81. The van der Waals surface area contributed by atoms with Crippen molar-refractivity contribution in [2.75, 3.05) is 5.73 Å². The Bertz CT molecular complexity index is 418. The van der Waals surface area contributed by atoms with Gasteiger partial charge in [0.2, 0.25) is 0 Å². The molecule has 3 nitrogen and oxygen atoms in total. The average Bonchev–Trinajstić information content (AvgIpc) is 2.62. The van der Waals surface area contributed by atoms with Gasteiger partial charge >= 0.3 is 0 Å². The van der Waals surface area contributed by atoms with Gasteiger partial charge < -0.3 is 10.3 Å². The summed E-state index contributed by atoms with van der Waals surface area (Å²) in [5.74, 6) is 0. The third-order valence-electron chi connectivity index (χ3n) is 2.28. The molecule has 1 aromatic heterocycles. The highest BCUT2D eigenvalue weighted by Crippen LogP contribution is 2.13. The van der Waals surface area contributed by atoms with E-state index in [0.29, 0.717) is 0 Å². The highest BCUT2D eigenvalue weighted by molar-refractivity contribution is 5.44. The van der Waals surface area contributed by atoms with Gasteiger partial charge in [-0.15, -0.1) is 0 Å².